The molecule has 0 unspecified atom stereocenters. The SMILES string of the molecule is COc1ccc(Cl)c(NS(=O)(=O)c2ccc(C(N)=S)s2)c1. The molecule has 0 saturated heterocycles. The summed E-state index contributed by atoms with van der Waals surface area (Å²) in [5.74, 6) is 0.493. The summed E-state index contributed by atoms with van der Waals surface area (Å²) in [6.45, 7) is 0. The van der Waals surface area contributed by atoms with E-state index in [9.17, 15) is 8.42 Å². The van der Waals surface area contributed by atoms with Gasteiger partial charge >= 0.3 is 0 Å². The zero-order valence-electron chi connectivity index (χ0n) is 10.8. The number of nitrogens with two attached hydrogens (primary N) is 1. The number of hydrogen-bond donors (Lipinski definition) is 2. The van der Waals surface area contributed by atoms with E-state index in [4.69, 9.17) is 34.3 Å². The van der Waals surface area contributed by atoms with Gasteiger partial charge in [0.05, 0.1) is 22.7 Å². The molecule has 0 bridgehead atoms. The van der Waals surface area contributed by atoms with Crippen LogP contribution in [0, 0.1) is 0 Å². The van der Waals surface area contributed by atoms with Crippen LogP contribution in [0.3, 0.4) is 0 Å². The van der Waals surface area contributed by atoms with Crippen molar-refractivity contribution in [2.45, 2.75) is 4.21 Å². The van der Waals surface area contributed by atoms with Crippen LogP contribution < -0.4 is 15.2 Å². The van der Waals surface area contributed by atoms with Crippen LogP contribution in [0.25, 0.3) is 0 Å². The first-order valence-electron chi connectivity index (χ1n) is 5.59. The van der Waals surface area contributed by atoms with Crippen molar-refractivity contribution in [1.82, 2.24) is 0 Å². The first kappa shape index (κ1) is 16.0. The number of anilines is 1. The number of thiocarbonyl (C=S) groups is 1. The van der Waals surface area contributed by atoms with E-state index in [0.29, 0.717) is 10.6 Å². The maximum Gasteiger partial charge on any atom is 0.271 e. The highest BCUT2D eigenvalue weighted by molar-refractivity contribution is 7.94. The van der Waals surface area contributed by atoms with Crippen LogP contribution in [0.2, 0.25) is 5.02 Å². The molecular weight excluding hydrogens is 352 g/mol. The van der Waals surface area contributed by atoms with Crippen LogP contribution in [0.15, 0.2) is 34.5 Å². The normalized spacial score (nSPS) is 11.1. The molecule has 0 fully saturated rings. The van der Waals surface area contributed by atoms with Crippen molar-refractivity contribution >= 4 is 55.9 Å². The van der Waals surface area contributed by atoms with Gasteiger partial charge in [-0.1, -0.05) is 23.8 Å². The Balaban J connectivity index is 2.34. The number of methoxy groups -OCH3 is 1. The third-order valence-corrected chi connectivity index (χ3v) is 6.16. The lowest BCUT2D eigenvalue weighted by molar-refractivity contribution is 0.415. The molecule has 1 heterocycles. The smallest absolute Gasteiger partial charge is 0.271 e. The van der Waals surface area contributed by atoms with Crippen LogP contribution in [-0.4, -0.2) is 20.5 Å². The minimum Gasteiger partial charge on any atom is -0.497 e. The highest BCUT2D eigenvalue weighted by atomic mass is 35.5. The van der Waals surface area contributed by atoms with Gasteiger partial charge in [-0.3, -0.25) is 4.72 Å². The standard InChI is InChI=1S/C12H11ClN2O3S3/c1-18-7-2-3-8(13)9(6-7)15-21(16,17)11-5-4-10(20-11)12(14)19/h2-6,15H,1H3,(H2,14,19). The summed E-state index contributed by atoms with van der Waals surface area (Å²) in [4.78, 5) is 0.683. The summed E-state index contributed by atoms with van der Waals surface area (Å²) in [5.41, 5.74) is 5.71. The van der Waals surface area contributed by atoms with Crippen molar-refractivity contribution in [2.75, 3.05) is 11.8 Å². The molecule has 0 aliphatic carbocycles. The van der Waals surface area contributed by atoms with E-state index in [1.807, 2.05) is 0 Å². The highest BCUT2D eigenvalue weighted by Gasteiger charge is 2.19. The Hall–Kier alpha value is -1.35. The molecule has 0 radical (unpaired) electrons. The number of nitrogens with one attached hydrogen (secondary N) is 1. The van der Waals surface area contributed by atoms with E-state index in [1.54, 1.807) is 18.2 Å². The summed E-state index contributed by atoms with van der Waals surface area (Å²) in [6.07, 6.45) is 0. The molecule has 0 aliphatic rings. The van der Waals surface area contributed by atoms with Gasteiger partial charge < -0.3 is 10.5 Å². The second-order valence-electron chi connectivity index (χ2n) is 3.93. The minimum absolute atomic E-state index is 0.101. The average Bonchev–Trinajstić information content (AvgIpc) is 2.92. The summed E-state index contributed by atoms with van der Waals surface area (Å²) >= 11 is 11.8. The quantitative estimate of drug-likeness (QED) is 0.799. The monoisotopic (exact) mass is 362 g/mol. The number of hydrogen-bond acceptors (Lipinski definition) is 5. The van der Waals surface area contributed by atoms with Crippen molar-refractivity contribution in [3.63, 3.8) is 0 Å². The fraction of sp³-hybridized carbons (Fsp3) is 0.0833. The molecule has 1 aromatic heterocycles. The number of thiophene rings is 1. The minimum atomic E-state index is -3.76. The van der Waals surface area contributed by atoms with Crippen molar-refractivity contribution in [2.24, 2.45) is 5.73 Å². The molecule has 0 saturated carbocycles. The van der Waals surface area contributed by atoms with Gasteiger partial charge in [-0.15, -0.1) is 11.3 Å². The van der Waals surface area contributed by atoms with Gasteiger partial charge in [-0.2, -0.15) is 0 Å². The van der Waals surface area contributed by atoms with Crippen molar-refractivity contribution in [1.29, 1.82) is 0 Å². The molecule has 5 nitrogen and oxygen atoms in total. The van der Waals surface area contributed by atoms with E-state index in [0.717, 1.165) is 11.3 Å². The molecule has 21 heavy (non-hydrogen) atoms. The Labute approximate surface area is 136 Å². The van der Waals surface area contributed by atoms with E-state index >= 15 is 0 Å². The molecule has 3 N–H and O–H groups in total. The topological polar surface area (TPSA) is 81.4 Å². The van der Waals surface area contributed by atoms with Gasteiger partial charge in [0.25, 0.3) is 10.0 Å². The summed E-state index contributed by atoms with van der Waals surface area (Å²) in [5, 5.41) is 0.269. The summed E-state index contributed by atoms with van der Waals surface area (Å²) < 4.78 is 32.2. The average molecular weight is 363 g/mol. The molecule has 2 aromatic rings. The molecule has 0 amide bonds. The first-order chi connectivity index (χ1) is 9.83. The van der Waals surface area contributed by atoms with Gasteiger partial charge in [-0.05, 0) is 24.3 Å². The molecule has 9 heteroatoms. The fourth-order valence-corrected chi connectivity index (χ4v) is 4.14. The van der Waals surface area contributed by atoms with Crippen LogP contribution >= 0.6 is 35.2 Å². The van der Waals surface area contributed by atoms with Crippen LogP contribution in [-0.2, 0) is 10.0 Å². The Morgan fingerprint density at radius 1 is 1.38 bits per heavy atom. The Morgan fingerprint density at radius 2 is 2.10 bits per heavy atom. The number of ether oxygens (including phenoxy) is 1. The van der Waals surface area contributed by atoms with E-state index in [1.165, 1.54) is 19.2 Å². The lowest BCUT2D eigenvalue weighted by atomic mass is 10.3. The number of sulfonamides is 1. The maximum absolute atomic E-state index is 12.3. The Bertz CT molecular complexity index is 787. The van der Waals surface area contributed by atoms with Gasteiger partial charge in [-0.25, -0.2) is 8.42 Å². The second-order valence-corrected chi connectivity index (χ2v) is 7.77. The van der Waals surface area contributed by atoms with E-state index in [2.05, 4.69) is 4.72 Å². The molecule has 0 spiro atoms. The Kier molecular flexibility index (Phi) is 4.72. The first-order valence-corrected chi connectivity index (χ1v) is 8.68. The molecule has 0 aliphatic heterocycles. The number of benzene rings is 1. The molecule has 2 rings (SSSR count). The van der Waals surface area contributed by atoms with Gasteiger partial charge in [0.2, 0.25) is 0 Å². The predicted molar refractivity (Wildman–Crippen MR) is 89.0 cm³/mol. The summed E-state index contributed by atoms with van der Waals surface area (Å²) in [6, 6.07) is 7.69. The van der Waals surface area contributed by atoms with Crippen LogP contribution in [0.5, 0.6) is 5.75 Å². The zero-order chi connectivity index (χ0) is 15.6. The largest absolute Gasteiger partial charge is 0.497 e. The van der Waals surface area contributed by atoms with E-state index in [-0.39, 0.29) is 19.9 Å². The third-order valence-electron chi connectivity index (χ3n) is 2.51. The van der Waals surface area contributed by atoms with Gasteiger partial charge in [0.1, 0.15) is 14.9 Å². The summed E-state index contributed by atoms with van der Waals surface area (Å²) in [7, 11) is -2.28. The highest BCUT2D eigenvalue weighted by Crippen LogP contribution is 2.30. The fourth-order valence-electron chi connectivity index (χ4n) is 1.50. The van der Waals surface area contributed by atoms with E-state index < -0.39 is 10.0 Å². The van der Waals surface area contributed by atoms with Gasteiger partial charge in [0.15, 0.2) is 0 Å². The van der Waals surface area contributed by atoms with Crippen LogP contribution in [0.4, 0.5) is 5.69 Å². The third kappa shape index (κ3) is 3.65. The predicted octanol–water partition coefficient (Wildman–Crippen LogP) is 2.85. The number of halogens is 1. The van der Waals surface area contributed by atoms with Crippen molar-refractivity contribution in [3.8, 4) is 5.75 Å². The van der Waals surface area contributed by atoms with Crippen molar-refractivity contribution in [3.05, 3.63) is 40.2 Å². The maximum atomic E-state index is 12.3. The second kappa shape index (κ2) is 6.18. The molecule has 1 aromatic carbocycles. The number of rotatable bonds is 5. The van der Waals surface area contributed by atoms with Crippen LogP contribution in [0.1, 0.15) is 4.88 Å². The lowest BCUT2D eigenvalue weighted by Gasteiger charge is -2.09. The lowest BCUT2D eigenvalue weighted by Crippen LogP contribution is -2.12. The molecular formula is C12H11ClN2O3S3. The van der Waals surface area contributed by atoms with Gasteiger partial charge in [0, 0.05) is 6.07 Å². The molecule has 0 atom stereocenters. The molecule has 112 valence electrons. The zero-order valence-corrected chi connectivity index (χ0v) is 14.0. The Morgan fingerprint density at radius 3 is 2.67 bits per heavy atom. The van der Waals surface area contributed by atoms with Crippen molar-refractivity contribution < 1.29 is 13.2 Å².